The van der Waals surface area contributed by atoms with E-state index >= 15 is 0 Å². The molecule has 4 rings (SSSR count). The molecule has 1 aliphatic heterocycles. The zero-order chi connectivity index (χ0) is 22.9. The van der Waals surface area contributed by atoms with Gasteiger partial charge in [0.2, 0.25) is 0 Å². The van der Waals surface area contributed by atoms with E-state index in [0.29, 0.717) is 12.4 Å². The highest BCUT2D eigenvalue weighted by Gasteiger charge is 2.32. The van der Waals surface area contributed by atoms with Crippen molar-refractivity contribution in [1.82, 2.24) is 9.69 Å². The molecule has 2 heterocycles. The van der Waals surface area contributed by atoms with E-state index in [1.54, 1.807) is 0 Å². The maximum atomic E-state index is 12.1. The second-order valence-corrected chi connectivity index (χ2v) is 10.6. The van der Waals surface area contributed by atoms with E-state index < -0.39 is 17.2 Å². The number of nitrogens with one attached hydrogen (secondary N) is 2. The van der Waals surface area contributed by atoms with Crippen molar-refractivity contribution in [3.8, 4) is 0 Å². The summed E-state index contributed by atoms with van der Waals surface area (Å²) in [6.07, 6.45) is -0.540. The van der Waals surface area contributed by atoms with Crippen LogP contribution in [0.4, 0.5) is 16.3 Å². The van der Waals surface area contributed by atoms with Crippen LogP contribution in [0.15, 0.2) is 51.9 Å². The van der Waals surface area contributed by atoms with Crippen molar-refractivity contribution in [3.05, 3.63) is 52.5 Å². The van der Waals surface area contributed by atoms with Crippen molar-refractivity contribution in [2.24, 2.45) is 4.99 Å². The number of anilines is 2. The molecule has 3 aromatic rings. The SMILES string of the molecule is CC(C)(C)OC(=O)NC1=N[C@@](C)(c2cccc(Nc3nsc4cc(Br)ccc34)c2)COC1. The Balaban J connectivity index is 1.55. The number of halogens is 1. The second kappa shape index (κ2) is 8.80. The number of rotatable bonds is 3. The summed E-state index contributed by atoms with van der Waals surface area (Å²) in [5.74, 6) is 1.26. The molecule has 0 radical (unpaired) electrons. The summed E-state index contributed by atoms with van der Waals surface area (Å²) < 4.78 is 17.8. The van der Waals surface area contributed by atoms with E-state index in [1.165, 1.54) is 11.5 Å². The molecule has 1 aromatic heterocycles. The van der Waals surface area contributed by atoms with Crippen molar-refractivity contribution in [3.63, 3.8) is 0 Å². The number of fused-ring (bicyclic) bond motifs is 1. The van der Waals surface area contributed by atoms with Gasteiger partial charge in [-0.25, -0.2) is 4.79 Å². The number of amides is 1. The van der Waals surface area contributed by atoms with Gasteiger partial charge in [-0.2, -0.15) is 4.37 Å². The van der Waals surface area contributed by atoms with Crippen molar-refractivity contribution in [1.29, 1.82) is 0 Å². The second-order valence-electron chi connectivity index (χ2n) is 8.83. The van der Waals surface area contributed by atoms with E-state index in [-0.39, 0.29) is 6.61 Å². The van der Waals surface area contributed by atoms with E-state index in [4.69, 9.17) is 14.5 Å². The number of alkyl carbamates (subject to hydrolysis) is 1. The highest BCUT2D eigenvalue weighted by Crippen LogP contribution is 2.34. The number of nitrogens with zero attached hydrogens (tertiary/aromatic N) is 2. The maximum absolute atomic E-state index is 12.1. The third kappa shape index (κ3) is 5.28. The van der Waals surface area contributed by atoms with E-state index in [0.717, 1.165) is 31.6 Å². The molecule has 2 aromatic carbocycles. The molecule has 0 spiro atoms. The molecule has 0 fully saturated rings. The number of benzene rings is 2. The van der Waals surface area contributed by atoms with Gasteiger partial charge in [-0.1, -0.05) is 28.1 Å². The number of hydrogen-bond acceptors (Lipinski definition) is 7. The summed E-state index contributed by atoms with van der Waals surface area (Å²) in [7, 11) is 0. The van der Waals surface area contributed by atoms with Crippen LogP contribution < -0.4 is 10.6 Å². The number of aliphatic imine (C=N–C) groups is 1. The molecule has 0 saturated carbocycles. The van der Waals surface area contributed by atoms with E-state index in [9.17, 15) is 4.79 Å². The molecule has 9 heteroatoms. The predicted octanol–water partition coefficient (Wildman–Crippen LogP) is 5.97. The van der Waals surface area contributed by atoms with Gasteiger partial charge in [0, 0.05) is 15.5 Å². The molecule has 32 heavy (non-hydrogen) atoms. The predicted molar refractivity (Wildman–Crippen MR) is 132 cm³/mol. The fourth-order valence-electron chi connectivity index (χ4n) is 3.41. The minimum Gasteiger partial charge on any atom is -0.444 e. The van der Waals surface area contributed by atoms with Crippen LogP contribution in [-0.2, 0) is 15.0 Å². The first kappa shape index (κ1) is 22.7. The van der Waals surface area contributed by atoms with Gasteiger partial charge in [0.15, 0.2) is 5.82 Å². The van der Waals surface area contributed by atoms with Crippen molar-refractivity contribution in [2.75, 3.05) is 18.5 Å². The van der Waals surface area contributed by atoms with E-state index in [2.05, 4.69) is 37.0 Å². The lowest BCUT2D eigenvalue weighted by Gasteiger charge is -2.31. The Kier molecular flexibility index (Phi) is 6.24. The standard InChI is InChI=1S/C23H25BrN4O3S/c1-22(2,3)31-21(29)26-19-12-30-13-23(4,27-19)14-6-5-7-16(10-14)25-20-17-9-8-15(24)11-18(17)32-28-20/h5-11H,12-13H2,1-4H3,(H,25,28)(H,26,27,29)/t23-/m1/s1. The van der Waals surface area contributed by atoms with Gasteiger partial charge in [-0.3, -0.25) is 10.3 Å². The smallest absolute Gasteiger partial charge is 0.413 e. The van der Waals surface area contributed by atoms with Crippen LogP contribution in [0.5, 0.6) is 0 Å². The quantitative estimate of drug-likeness (QED) is 0.447. The van der Waals surface area contributed by atoms with Crippen LogP contribution in [0.2, 0.25) is 0 Å². The number of aromatic nitrogens is 1. The Morgan fingerprint density at radius 1 is 1.25 bits per heavy atom. The van der Waals surface area contributed by atoms with Crippen LogP contribution in [0.1, 0.15) is 33.3 Å². The summed E-state index contributed by atoms with van der Waals surface area (Å²) in [6, 6.07) is 14.1. The Morgan fingerprint density at radius 3 is 2.84 bits per heavy atom. The molecule has 168 valence electrons. The van der Waals surface area contributed by atoms with Crippen LogP contribution in [0.25, 0.3) is 10.1 Å². The molecular formula is C23H25BrN4O3S. The molecule has 7 nitrogen and oxygen atoms in total. The van der Waals surface area contributed by atoms with Gasteiger partial charge in [-0.15, -0.1) is 0 Å². The van der Waals surface area contributed by atoms with Gasteiger partial charge < -0.3 is 14.8 Å². The lowest BCUT2D eigenvalue weighted by Crippen LogP contribution is -2.44. The molecule has 1 atom stereocenters. The van der Waals surface area contributed by atoms with Crippen molar-refractivity contribution < 1.29 is 14.3 Å². The first-order valence-corrected chi connectivity index (χ1v) is 11.8. The van der Waals surface area contributed by atoms with Gasteiger partial charge in [0.25, 0.3) is 0 Å². The highest BCUT2D eigenvalue weighted by atomic mass is 79.9. The maximum Gasteiger partial charge on any atom is 0.413 e. The Hall–Kier alpha value is -2.49. The van der Waals surface area contributed by atoms with Gasteiger partial charge in [0.1, 0.15) is 23.6 Å². The number of amidine groups is 1. The largest absolute Gasteiger partial charge is 0.444 e. The third-order valence-corrected chi connectivity index (χ3v) is 6.13. The monoisotopic (exact) mass is 516 g/mol. The summed E-state index contributed by atoms with van der Waals surface area (Å²) in [4.78, 5) is 16.9. The van der Waals surface area contributed by atoms with Gasteiger partial charge >= 0.3 is 6.09 Å². The molecule has 0 bridgehead atoms. The number of ether oxygens (including phenoxy) is 2. The molecule has 1 amide bonds. The normalized spacial score (nSPS) is 18.8. The fourth-order valence-corrected chi connectivity index (χ4v) is 4.70. The zero-order valence-electron chi connectivity index (χ0n) is 18.4. The molecule has 1 aliphatic rings. The Labute approximate surface area is 199 Å². The van der Waals surface area contributed by atoms with Crippen LogP contribution in [0.3, 0.4) is 0 Å². The molecule has 0 unspecified atom stereocenters. The van der Waals surface area contributed by atoms with E-state index in [1.807, 2.05) is 64.1 Å². The van der Waals surface area contributed by atoms with Crippen LogP contribution in [-0.4, -0.2) is 35.1 Å². The van der Waals surface area contributed by atoms with Gasteiger partial charge in [-0.05, 0) is 75.1 Å². The van der Waals surface area contributed by atoms with Gasteiger partial charge in [0.05, 0.1) is 11.3 Å². The first-order valence-electron chi connectivity index (χ1n) is 10.2. The first-order chi connectivity index (χ1) is 15.1. The van der Waals surface area contributed by atoms with Crippen molar-refractivity contribution in [2.45, 2.75) is 38.8 Å². The Bertz CT molecular complexity index is 1190. The minimum absolute atomic E-state index is 0.229. The number of carbonyl (C=O) groups is 1. The minimum atomic E-state index is -0.644. The lowest BCUT2D eigenvalue weighted by molar-refractivity contribution is 0.0543. The van der Waals surface area contributed by atoms with Crippen LogP contribution >= 0.6 is 27.5 Å². The average Bonchev–Trinajstić information content (AvgIpc) is 3.08. The average molecular weight is 517 g/mol. The molecular weight excluding hydrogens is 492 g/mol. The summed E-state index contributed by atoms with van der Waals surface area (Å²) >= 11 is 4.95. The topological polar surface area (TPSA) is 84.8 Å². The summed E-state index contributed by atoms with van der Waals surface area (Å²) in [6.45, 7) is 8.07. The molecule has 0 aliphatic carbocycles. The summed E-state index contributed by atoms with van der Waals surface area (Å²) in [5, 5.41) is 7.20. The Morgan fingerprint density at radius 2 is 2.06 bits per heavy atom. The fraction of sp³-hybridized carbons (Fsp3) is 0.348. The molecule has 0 saturated heterocycles. The summed E-state index contributed by atoms with van der Waals surface area (Å²) in [5.41, 5.74) is 0.642. The third-order valence-electron chi connectivity index (χ3n) is 4.83. The highest BCUT2D eigenvalue weighted by molar-refractivity contribution is 9.10. The zero-order valence-corrected chi connectivity index (χ0v) is 20.8. The number of carbonyl (C=O) groups excluding carboxylic acids is 1. The van der Waals surface area contributed by atoms with Crippen LogP contribution in [0, 0.1) is 0 Å². The lowest BCUT2D eigenvalue weighted by atomic mass is 9.92. The number of hydrogen-bond donors (Lipinski definition) is 2. The molecule has 2 N–H and O–H groups in total. The van der Waals surface area contributed by atoms with Crippen molar-refractivity contribution >= 4 is 61.0 Å².